The van der Waals surface area contributed by atoms with Crippen molar-refractivity contribution in [2.45, 2.75) is 350 Å². The maximum absolute atomic E-state index is 5.67. The summed E-state index contributed by atoms with van der Waals surface area (Å²) >= 11 is 0. The van der Waals surface area contributed by atoms with Crippen LogP contribution in [-0.4, -0.2) is 11.4 Å². The van der Waals surface area contributed by atoms with Gasteiger partial charge in [-0.3, -0.25) is 9.98 Å². The number of aliphatic imine (C=N–C) groups is 2. The fraction of sp³-hybridized carbons (Fsp3) is 0.794. The maximum atomic E-state index is 5.67. The number of aryl methyl sites for hydroxylation is 4. The van der Waals surface area contributed by atoms with E-state index in [1.165, 1.54) is 308 Å². The first-order valence-corrected chi connectivity index (χ1v) is 32.0. The van der Waals surface area contributed by atoms with Gasteiger partial charge in [0.05, 0.1) is 22.8 Å². The Morgan fingerprint density at radius 1 is 0.239 bits per heavy atom. The summed E-state index contributed by atoms with van der Waals surface area (Å²) in [6.07, 6.45) is 64.6. The van der Waals surface area contributed by atoms with Gasteiger partial charge >= 0.3 is 0 Å². The average Bonchev–Trinajstić information content (AvgIpc) is 3.36. The molecule has 2 aromatic rings. The maximum Gasteiger partial charge on any atom is 0.0639 e. The van der Waals surface area contributed by atoms with Crippen LogP contribution in [0.15, 0.2) is 46.4 Å². The average molecular weight is 1020 g/mol. The quantitative estimate of drug-likeness (QED) is 0.0358. The van der Waals surface area contributed by atoms with E-state index >= 15 is 0 Å². The standard InChI is InChI=1S/C68H120N2.Ni/c1-7-13-19-20-21-22-23-24-25-26-27-28-29-30-31-32-33-34-35-36-37-38-39-40-41-42-43-48-54-68(70-66-59-63(51-46-16-10-4)56-64(60-66)52-47-17-11-5)67(53-18-12-6)69-65-57-61(49-44-14-8-2)55-62(58-65)50-45-15-9-3;/h55-60H,7-54H2,1-6H3;. The molecule has 0 spiro atoms. The van der Waals surface area contributed by atoms with Gasteiger partial charge in [-0.15, -0.1) is 0 Å². The number of hydrogen-bond donors (Lipinski definition) is 0. The van der Waals surface area contributed by atoms with Gasteiger partial charge in [0.25, 0.3) is 0 Å². The molecule has 0 aliphatic rings. The number of benzene rings is 2. The van der Waals surface area contributed by atoms with Gasteiger partial charge in [-0.05, 0) is 124 Å². The molecule has 0 unspecified atom stereocenters. The summed E-state index contributed by atoms with van der Waals surface area (Å²) in [5.41, 5.74) is 10.8. The molecule has 0 fully saturated rings. The van der Waals surface area contributed by atoms with Crippen LogP contribution in [0.1, 0.15) is 346 Å². The molecule has 0 N–H and O–H groups in total. The normalized spacial score (nSPS) is 12.0. The Kier molecular flexibility index (Phi) is 47.8. The Morgan fingerprint density at radius 2 is 0.437 bits per heavy atom. The van der Waals surface area contributed by atoms with Crippen molar-refractivity contribution in [1.82, 2.24) is 0 Å². The fourth-order valence-corrected chi connectivity index (χ4v) is 10.7. The van der Waals surface area contributed by atoms with Gasteiger partial charge < -0.3 is 0 Å². The minimum atomic E-state index is 0. The Morgan fingerprint density at radius 3 is 0.676 bits per heavy atom. The third-order valence-corrected chi connectivity index (χ3v) is 15.2. The van der Waals surface area contributed by atoms with Crippen LogP contribution in [0.3, 0.4) is 0 Å². The number of unbranched alkanes of at least 4 members (excludes halogenated alkanes) is 36. The molecule has 0 amide bonds. The Balaban J connectivity index is 0.0000252. The largest absolute Gasteiger partial charge is 0.252 e. The molecule has 0 aliphatic carbocycles. The van der Waals surface area contributed by atoms with Gasteiger partial charge in [0, 0.05) is 16.5 Å². The Hall–Kier alpha value is -1.73. The van der Waals surface area contributed by atoms with E-state index in [-0.39, 0.29) is 16.5 Å². The summed E-state index contributed by atoms with van der Waals surface area (Å²) < 4.78 is 0. The van der Waals surface area contributed by atoms with Crippen molar-refractivity contribution in [2.24, 2.45) is 9.98 Å². The summed E-state index contributed by atoms with van der Waals surface area (Å²) in [7, 11) is 0. The monoisotopic (exact) mass is 1020 g/mol. The molecule has 2 nitrogen and oxygen atoms in total. The SMILES string of the molecule is CCCCCCCCCCCCCCCCCCCCCCCCCCCCCCC(=Nc1cc(CCCCC)cc(CCCCC)c1)C(CCCC)=Nc1cc(CCCCC)cc(CCCCC)c1.[Ni]. The molecule has 2 rings (SSSR count). The molecule has 0 atom stereocenters. The summed E-state index contributed by atoms with van der Waals surface area (Å²) in [5.74, 6) is 0. The molecule has 2 aromatic carbocycles. The predicted molar refractivity (Wildman–Crippen MR) is 319 cm³/mol. The smallest absolute Gasteiger partial charge is 0.0639 e. The van der Waals surface area contributed by atoms with E-state index in [1.54, 1.807) is 0 Å². The minimum absolute atomic E-state index is 0. The molecule has 0 radical (unpaired) electrons. The van der Waals surface area contributed by atoms with Crippen LogP contribution in [0.4, 0.5) is 11.4 Å². The zero-order chi connectivity index (χ0) is 50.2. The first kappa shape index (κ1) is 67.3. The molecule has 0 heterocycles. The minimum Gasteiger partial charge on any atom is -0.252 e. The van der Waals surface area contributed by atoms with Crippen LogP contribution in [0.5, 0.6) is 0 Å². The molecular weight excluding hydrogens is 903 g/mol. The molecule has 0 saturated heterocycles. The van der Waals surface area contributed by atoms with Crippen molar-refractivity contribution in [3.8, 4) is 0 Å². The molecule has 0 aliphatic heterocycles. The zero-order valence-electron chi connectivity index (χ0n) is 48.6. The molecular formula is C68H120N2Ni. The second-order valence-electron chi connectivity index (χ2n) is 22.4. The fourth-order valence-electron chi connectivity index (χ4n) is 10.7. The number of rotatable bonds is 51. The molecule has 0 aromatic heterocycles. The summed E-state index contributed by atoms with van der Waals surface area (Å²) in [4.78, 5) is 11.3. The summed E-state index contributed by atoms with van der Waals surface area (Å²) in [6, 6.07) is 14.7. The van der Waals surface area contributed by atoms with Crippen molar-refractivity contribution < 1.29 is 16.5 Å². The van der Waals surface area contributed by atoms with E-state index in [4.69, 9.17) is 9.98 Å². The first-order valence-electron chi connectivity index (χ1n) is 32.0. The van der Waals surface area contributed by atoms with Crippen LogP contribution in [-0.2, 0) is 42.2 Å². The Labute approximate surface area is 455 Å². The predicted octanol–water partition coefficient (Wildman–Crippen LogP) is 24.0. The van der Waals surface area contributed by atoms with E-state index in [9.17, 15) is 0 Å². The number of nitrogens with zero attached hydrogens (tertiary/aromatic N) is 2. The van der Waals surface area contributed by atoms with Crippen molar-refractivity contribution >= 4 is 22.8 Å². The topological polar surface area (TPSA) is 24.7 Å². The summed E-state index contributed by atoms with van der Waals surface area (Å²) in [5, 5.41) is 0. The van der Waals surface area contributed by atoms with Crippen molar-refractivity contribution in [3.63, 3.8) is 0 Å². The molecule has 71 heavy (non-hydrogen) atoms. The van der Waals surface area contributed by atoms with E-state index in [0.29, 0.717) is 0 Å². The molecule has 412 valence electrons. The third-order valence-electron chi connectivity index (χ3n) is 15.2. The zero-order valence-corrected chi connectivity index (χ0v) is 49.6. The van der Waals surface area contributed by atoms with Crippen molar-refractivity contribution in [1.29, 1.82) is 0 Å². The van der Waals surface area contributed by atoms with Crippen LogP contribution >= 0.6 is 0 Å². The van der Waals surface area contributed by atoms with Gasteiger partial charge in [0.2, 0.25) is 0 Å². The van der Waals surface area contributed by atoms with Crippen molar-refractivity contribution in [3.05, 3.63) is 58.7 Å². The first-order chi connectivity index (χ1) is 34.6. The van der Waals surface area contributed by atoms with E-state index < -0.39 is 0 Å². The van der Waals surface area contributed by atoms with Gasteiger partial charge in [0.1, 0.15) is 0 Å². The second-order valence-corrected chi connectivity index (χ2v) is 22.4. The molecule has 3 heteroatoms. The van der Waals surface area contributed by atoms with Gasteiger partial charge in [0.15, 0.2) is 0 Å². The van der Waals surface area contributed by atoms with Crippen LogP contribution in [0.25, 0.3) is 0 Å². The number of hydrogen-bond acceptors (Lipinski definition) is 2. The molecule has 0 bridgehead atoms. The van der Waals surface area contributed by atoms with Crippen molar-refractivity contribution in [2.75, 3.05) is 0 Å². The summed E-state index contributed by atoms with van der Waals surface area (Å²) in [6.45, 7) is 13.9. The van der Waals surface area contributed by atoms with Crippen LogP contribution < -0.4 is 0 Å². The third kappa shape index (κ3) is 38.5. The Bertz CT molecular complexity index is 1470. The van der Waals surface area contributed by atoms with E-state index in [0.717, 1.165) is 44.9 Å². The van der Waals surface area contributed by atoms with Crippen LogP contribution in [0.2, 0.25) is 0 Å². The van der Waals surface area contributed by atoms with Gasteiger partial charge in [-0.25, -0.2) is 0 Å². The van der Waals surface area contributed by atoms with Gasteiger partial charge in [-0.2, -0.15) is 0 Å². The molecule has 0 saturated carbocycles. The van der Waals surface area contributed by atoms with Crippen LogP contribution in [0, 0.1) is 0 Å². The van der Waals surface area contributed by atoms with E-state index in [1.807, 2.05) is 0 Å². The van der Waals surface area contributed by atoms with E-state index in [2.05, 4.69) is 77.9 Å². The van der Waals surface area contributed by atoms with Gasteiger partial charge in [-0.1, -0.05) is 285 Å². The second kappa shape index (κ2) is 50.4.